The lowest BCUT2D eigenvalue weighted by molar-refractivity contribution is 0.0728. The molecule has 2 aliphatic heterocycles. The molecular formula is C19H24N4O2. The van der Waals surface area contributed by atoms with E-state index in [9.17, 15) is 4.79 Å². The van der Waals surface area contributed by atoms with Crippen molar-refractivity contribution in [3.8, 4) is 5.75 Å². The summed E-state index contributed by atoms with van der Waals surface area (Å²) >= 11 is 0. The zero-order valence-corrected chi connectivity index (χ0v) is 14.5. The van der Waals surface area contributed by atoms with Gasteiger partial charge in [0.25, 0.3) is 5.91 Å². The van der Waals surface area contributed by atoms with Crippen molar-refractivity contribution in [2.45, 2.75) is 38.3 Å². The van der Waals surface area contributed by atoms with Crippen molar-refractivity contribution in [3.05, 3.63) is 46.8 Å². The minimum Gasteiger partial charge on any atom is -0.496 e. The number of rotatable bonds is 4. The fourth-order valence-corrected chi connectivity index (χ4v) is 3.98. The molecule has 2 aliphatic rings. The Balaban J connectivity index is 1.55. The lowest BCUT2D eigenvalue weighted by Crippen LogP contribution is -2.38. The molecule has 1 fully saturated rings. The Morgan fingerprint density at radius 1 is 1.40 bits per heavy atom. The molecule has 0 spiro atoms. The maximum atomic E-state index is 13.1. The third-order valence-electron chi connectivity index (χ3n) is 5.29. The van der Waals surface area contributed by atoms with Gasteiger partial charge in [0.15, 0.2) is 5.69 Å². The van der Waals surface area contributed by atoms with Crippen molar-refractivity contribution in [2.24, 2.45) is 0 Å². The van der Waals surface area contributed by atoms with Crippen LogP contribution in [0.5, 0.6) is 5.75 Å². The second-order valence-corrected chi connectivity index (χ2v) is 6.77. The number of carbonyl (C=O) groups excluding carboxylic acids is 1. The number of amides is 1. The maximum Gasteiger partial charge on any atom is 0.274 e. The lowest BCUT2D eigenvalue weighted by atomic mass is 10.0. The number of nitrogens with zero attached hydrogens (tertiary/aromatic N) is 2. The van der Waals surface area contributed by atoms with Crippen molar-refractivity contribution in [2.75, 3.05) is 20.2 Å². The molecule has 1 unspecified atom stereocenters. The van der Waals surface area contributed by atoms with Gasteiger partial charge in [0.05, 0.1) is 7.11 Å². The largest absolute Gasteiger partial charge is 0.496 e. The number of aromatic nitrogens is 2. The van der Waals surface area contributed by atoms with Crippen LogP contribution in [-0.4, -0.2) is 47.2 Å². The van der Waals surface area contributed by atoms with Crippen LogP contribution in [0.2, 0.25) is 0 Å². The first-order chi connectivity index (χ1) is 12.3. The Morgan fingerprint density at radius 2 is 2.28 bits per heavy atom. The van der Waals surface area contributed by atoms with E-state index < -0.39 is 0 Å². The van der Waals surface area contributed by atoms with Crippen molar-refractivity contribution in [1.82, 2.24) is 20.4 Å². The molecular weight excluding hydrogens is 316 g/mol. The predicted molar refractivity (Wildman–Crippen MR) is 94.8 cm³/mol. The molecule has 1 amide bonds. The van der Waals surface area contributed by atoms with Crippen LogP contribution in [0.4, 0.5) is 0 Å². The smallest absolute Gasteiger partial charge is 0.274 e. The predicted octanol–water partition coefficient (Wildman–Crippen LogP) is 1.91. The Hall–Kier alpha value is -2.34. The normalized spacial score (nSPS) is 19.7. The van der Waals surface area contributed by atoms with E-state index in [0.717, 1.165) is 67.9 Å². The van der Waals surface area contributed by atoms with Crippen LogP contribution in [0, 0.1) is 0 Å². The highest BCUT2D eigenvalue weighted by atomic mass is 16.5. The molecule has 1 saturated heterocycles. The van der Waals surface area contributed by atoms with E-state index in [2.05, 4.69) is 21.6 Å². The molecule has 0 saturated carbocycles. The monoisotopic (exact) mass is 340 g/mol. The third kappa shape index (κ3) is 3.02. The topological polar surface area (TPSA) is 70.2 Å². The Labute approximate surface area is 147 Å². The van der Waals surface area contributed by atoms with Crippen molar-refractivity contribution in [1.29, 1.82) is 0 Å². The molecule has 0 radical (unpaired) electrons. The summed E-state index contributed by atoms with van der Waals surface area (Å²) in [5.41, 5.74) is 3.89. The second-order valence-electron chi connectivity index (χ2n) is 6.77. The molecule has 3 heterocycles. The summed E-state index contributed by atoms with van der Waals surface area (Å²) in [5.74, 6) is 0.946. The van der Waals surface area contributed by atoms with Gasteiger partial charge in [0, 0.05) is 43.4 Å². The van der Waals surface area contributed by atoms with E-state index in [1.807, 2.05) is 23.1 Å². The molecule has 132 valence electrons. The zero-order valence-electron chi connectivity index (χ0n) is 14.5. The van der Waals surface area contributed by atoms with Gasteiger partial charge in [-0.15, -0.1) is 0 Å². The van der Waals surface area contributed by atoms with Crippen LogP contribution in [0.25, 0.3) is 0 Å². The first-order valence-electron chi connectivity index (χ1n) is 8.97. The van der Waals surface area contributed by atoms with Gasteiger partial charge in [0.1, 0.15) is 5.75 Å². The van der Waals surface area contributed by atoms with E-state index in [-0.39, 0.29) is 11.9 Å². The van der Waals surface area contributed by atoms with Gasteiger partial charge in [-0.25, -0.2) is 0 Å². The molecule has 1 aromatic heterocycles. The number of aromatic amines is 1. The van der Waals surface area contributed by atoms with Gasteiger partial charge < -0.3 is 15.0 Å². The van der Waals surface area contributed by atoms with E-state index >= 15 is 0 Å². The molecule has 0 bridgehead atoms. The van der Waals surface area contributed by atoms with E-state index in [0.29, 0.717) is 5.69 Å². The molecule has 2 N–H and O–H groups in total. The van der Waals surface area contributed by atoms with E-state index in [1.165, 1.54) is 0 Å². The number of H-pyrrole nitrogens is 1. The number of para-hydroxylation sites is 1. The summed E-state index contributed by atoms with van der Waals surface area (Å²) in [6.45, 7) is 2.45. The fourth-order valence-electron chi connectivity index (χ4n) is 3.98. The standard InChI is InChI=1S/C19H24N4O2/c1-25-17-7-3-2-5-13(17)11-14-6-4-10-23(14)19(24)18-15-12-20-9-8-16(15)21-22-18/h2-3,5,7,14,20H,4,6,8-12H2,1H3,(H,21,22). The summed E-state index contributed by atoms with van der Waals surface area (Å²) < 4.78 is 5.47. The lowest BCUT2D eigenvalue weighted by Gasteiger charge is -2.25. The van der Waals surface area contributed by atoms with Crippen LogP contribution >= 0.6 is 0 Å². The number of nitrogens with one attached hydrogen (secondary N) is 2. The Morgan fingerprint density at radius 3 is 3.16 bits per heavy atom. The molecule has 1 aromatic carbocycles. The maximum absolute atomic E-state index is 13.1. The molecule has 6 nitrogen and oxygen atoms in total. The first kappa shape index (κ1) is 16.1. The minimum atomic E-state index is 0.0543. The van der Waals surface area contributed by atoms with Gasteiger partial charge in [0.2, 0.25) is 0 Å². The van der Waals surface area contributed by atoms with E-state index in [1.54, 1.807) is 7.11 Å². The number of benzene rings is 1. The number of carbonyl (C=O) groups is 1. The highest BCUT2D eigenvalue weighted by Gasteiger charge is 2.33. The van der Waals surface area contributed by atoms with Gasteiger partial charge in [-0.1, -0.05) is 18.2 Å². The van der Waals surface area contributed by atoms with Gasteiger partial charge in [-0.3, -0.25) is 9.89 Å². The van der Waals surface area contributed by atoms with Crippen LogP contribution < -0.4 is 10.1 Å². The molecule has 25 heavy (non-hydrogen) atoms. The quantitative estimate of drug-likeness (QED) is 0.892. The molecule has 1 atom stereocenters. The summed E-state index contributed by atoms with van der Waals surface area (Å²) in [4.78, 5) is 15.1. The minimum absolute atomic E-state index is 0.0543. The average molecular weight is 340 g/mol. The van der Waals surface area contributed by atoms with Gasteiger partial charge in [-0.05, 0) is 30.9 Å². The summed E-state index contributed by atoms with van der Waals surface area (Å²) in [6.07, 6.45) is 3.78. The summed E-state index contributed by atoms with van der Waals surface area (Å²) in [5, 5.41) is 10.7. The average Bonchev–Trinajstić information content (AvgIpc) is 3.28. The second kappa shape index (κ2) is 6.88. The highest BCUT2D eigenvalue weighted by Crippen LogP contribution is 2.28. The van der Waals surface area contributed by atoms with Crippen LogP contribution in [0.1, 0.15) is 40.2 Å². The SMILES string of the molecule is COc1ccccc1CC1CCCN1C(=O)c1n[nH]c2c1CNCC2. The molecule has 4 rings (SSSR count). The number of methoxy groups -OCH3 is 1. The number of ether oxygens (including phenoxy) is 1. The van der Waals surface area contributed by atoms with Gasteiger partial charge in [-0.2, -0.15) is 5.10 Å². The Kier molecular flexibility index (Phi) is 4.44. The third-order valence-corrected chi connectivity index (χ3v) is 5.29. The number of hydrogen-bond acceptors (Lipinski definition) is 4. The number of fused-ring (bicyclic) bond motifs is 1. The number of likely N-dealkylation sites (tertiary alicyclic amines) is 1. The fraction of sp³-hybridized carbons (Fsp3) is 0.474. The molecule has 2 aromatic rings. The van der Waals surface area contributed by atoms with Gasteiger partial charge >= 0.3 is 0 Å². The first-order valence-corrected chi connectivity index (χ1v) is 8.97. The van der Waals surface area contributed by atoms with E-state index in [4.69, 9.17) is 4.74 Å². The summed E-state index contributed by atoms with van der Waals surface area (Å²) in [7, 11) is 1.69. The Bertz CT molecular complexity index is 771. The van der Waals surface area contributed by atoms with Crippen LogP contribution in [0.15, 0.2) is 24.3 Å². The number of hydrogen-bond donors (Lipinski definition) is 2. The van der Waals surface area contributed by atoms with Crippen molar-refractivity contribution >= 4 is 5.91 Å². The summed E-state index contributed by atoms with van der Waals surface area (Å²) in [6, 6.07) is 8.26. The zero-order chi connectivity index (χ0) is 17.2. The van der Waals surface area contributed by atoms with Crippen LogP contribution in [0.3, 0.4) is 0 Å². The molecule has 6 heteroatoms. The van der Waals surface area contributed by atoms with Crippen LogP contribution in [-0.2, 0) is 19.4 Å². The highest BCUT2D eigenvalue weighted by molar-refractivity contribution is 5.94. The molecule has 0 aliphatic carbocycles. The van der Waals surface area contributed by atoms with Crippen molar-refractivity contribution in [3.63, 3.8) is 0 Å². The van der Waals surface area contributed by atoms with Crippen molar-refractivity contribution < 1.29 is 9.53 Å².